The summed E-state index contributed by atoms with van der Waals surface area (Å²) in [6.45, 7) is 1.74. The van der Waals surface area contributed by atoms with Crippen molar-refractivity contribution in [1.29, 1.82) is 0 Å². The minimum absolute atomic E-state index is 0. The molecule has 0 spiro atoms. The van der Waals surface area contributed by atoms with Gasteiger partial charge in [0.1, 0.15) is 5.75 Å². The van der Waals surface area contributed by atoms with Crippen LogP contribution in [0.3, 0.4) is 0 Å². The minimum Gasteiger partial charge on any atom is -0.508 e. The van der Waals surface area contributed by atoms with Crippen LogP contribution in [0.1, 0.15) is 11.1 Å². The predicted molar refractivity (Wildman–Crippen MR) is 76.4 cm³/mol. The van der Waals surface area contributed by atoms with Crippen molar-refractivity contribution in [2.45, 2.75) is 17.7 Å². The Labute approximate surface area is 118 Å². The van der Waals surface area contributed by atoms with Gasteiger partial charge in [0.2, 0.25) is 0 Å². The highest BCUT2D eigenvalue weighted by Crippen LogP contribution is 2.28. The maximum Gasteiger partial charge on any atom is 0.175 e. The number of phenols is 1. The zero-order chi connectivity index (χ0) is 12.6. The van der Waals surface area contributed by atoms with Gasteiger partial charge in [-0.2, -0.15) is 0 Å². The largest absolute Gasteiger partial charge is 0.508 e. The van der Waals surface area contributed by atoms with Crippen LogP contribution in [0.25, 0.3) is 0 Å². The third-order valence-electron chi connectivity index (χ3n) is 3.19. The van der Waals surface area contributed by atoms with Crippen LogP contribution in [0.15, 0.2) is 17.0 Å². The first-order valence-corrected chi connectivity index (χ1v) is 7.50. The van der Waals surface area contributed by atoms with Gasteiger partial charge in [0, 0.05) is 19.3 Å². The van der Waals surface area contributed by atoms with Crippen molar-refractivity contribution in [3.8, 4) is 5.75 Å². The summed E-state index contributed by atoms with van der Waals surface area (Å²) in [5.74, 6) is 0.0359. The molecule has 0 aromatic heterocycles. The van der Waals surface area contributed by atoms with E-state index in [-0.39, 0.29) is 27.6 Å². The molecule has 0 saturated heterocycles. The molecule has 0 atom stereocenters. The topological polar surface area (TPSA) is 57.6 Å². The zero-order valence-electron chi connectivity index (χ0n) is 10.5. The summed E-state index contributed by atoms with van der Waals surface area (Å²) in [7, 11) is -1.26. The second-order valence-electron chi connectivity index (χ2n) is 4.66. The van der Waals surface area contributed by atoms with Gasteiger partial charge in [0.15, 0.2) is 9.84 Å². The van der Waals surface area contributed by atoms with Gasteiger partial charge >= 0.3 is 0 Å². The second-order valence-corrected chi connectivity index (χ2v) is 6.64. The number of halogens is 1. The SMILES string of the molecule is Br.CN1CCc2cc(O)cc(S(C)(=O)=O)c2CC1. The van der Waals surface area contributed by atoms with E-state index in [1.54, 1.807) is 6.07 Å². The molecule has 4 nitrogen and oxygen atoms in total. The van der Waals surface area contributed by atoms with E-state index in [4.69, 9.17) is 0 Å². The lowest BCUT2D eigenvalue weighted by Crippen LogP contribution is -2.20. The molecule has 1 heterocycles. The molecule has 0 bridgehead atoms. The van der Waals surface area contributed by atoms with Gasteiger partial charge < -0.3 is 10.0 Å². The third-order valence-corrected chi connectivity index (χ3v) is 4.36. The van der Waals surface area contributed by atoms with E-state index in [1.807, 2.05) is 7.05 Å². The smallest absolute Gasteiger partial charge is 0.175 e. The highest BCUT2D eigenvalue weighted by atomic mass is 79.9. The third kappa shape index (κ3) is 3.24. The lowest BCUT2D eigenvalue weighted by molar-refractivity contribution is 0.352. The number of hydrogen-bond acceptors (Lipinski definition) is 4. The molecule has 2 rings (SSSR count). The summed E-state index contributed by atoms with van der Waals surface area (Å²) in [4.78, 5) is 2.45. The molecule has 0 unspecified atom stereocenters. The molecule has 0 aliphatic carbocycles. The Morgan fingerprint density at radius 3 is 2.44 bits per heavy atom. The molecule has 0 radical (unpaired) electrons. The Morgan fingerprint density at radius 2 is 1.83 bits per heavy atom. The highest BCUT2D eigenvalue weighted by molar-refractivity contribution is 8.93. The minimum atomic E-state index is -3.28. The van der Waals surface area contributed by atoms with Crippen LogP contribution >= 0.6 is 17.0 Å². The molecule has 1 N–H and O–H groups in total. The Kier molecular flexibility index (Phi) is 4.80. The molecular formula is C12H18BrNO3S. The summed E-state index contributed by atoms with van der Waals surface area (Å²) >= 11 is 0. The van der Waals surface area contributed by atoms with Gasteiger partial charge in [0.05, 0.1) is 4.90 Å². The van der Waals surface area contributed by atoms with Crippen LogP contribution in [0.4, 0.5) is 0 Å². The van der Waals surface area contributed by atoms with E-state index in [0.717, 1.165) is 30.6 Å². The van der Waals surface area contributed by atoms with Crippen LogP contribution in [0.5, 0.6) is 5.75 Å². The molecule has 1 aromatic rings. The Bertz CT molecular complexity index is 542. The summed E-state index contributed by atoms with van der Waals surface area (Å²) in [6, 6.07) is 3.04. The molecule has 0 amide bonds. The van der Waals surface area contributed by atoms with E-state index in [2.05, 4.69) is 4.90 Å². The molecule has 1 aromatic carbocycles. The fourth-order valence-electron chi connectivity index (χ4n) is 2.25. The molecule has 102 valence electrons. The van der Waals surface area contributed by atoms with Gasteiger partial charge in [-0.05, 0) is 43.1 Å². The van der Waals surface area contributed by atoms with Crippen molar-refractivity contribution in [3.05, 3.63) is 23.3 Å². The van der Waals surface area contributed by atoms with Crippen molar-refractivity contribution >= 4 is 26.8 Å². The summed E-state index contributed by atoms with van der Waals surface area (Å²) in [5, 5.41) is 9.61. The number of benzene rings is 1. The summed E-state index contributed by atoms with van der Waals surface area (Å²) < 4.78 is 23.5. The molecular weight excluding hydrogens is 318 g/mol. The molecule has 18 heavy (non-hydrogen) atoms. The molecule has 0 fully saturated rings. The monoisotopic (exact) mass is 335 g/mol. The van der Waals surface area contributed by atoms with Gasteiger partial charge in [-0.15, -0.1) is 17.0 Å². The highest BCUT2D eigenvalue weighted by Gasteiger charge is 2.20. The number of nitrogens with zero attached hydrogens (tertiary/aromatic N) is 1. The Hall–Kier alpha value is -0.590. The van der Waals surface area contributed by atoms with Crippen LogP contribution in [-0.4, -0.2) is 44.8 Å². The van der Waals surface area contributed by atoms with Crippen molar-refractivity contribution in [1.82, 2.24) is 4.90 Å². The lowest BCUT2D eigenvalue weighted by atomic mass is 10.0. The fourth-order valence-corrected chi connectivity index (χ4v) is 3.27. The lowest BCUT2D eigenvalue weighted by Gasteiger charge is -2.12. The number of likely N-dealkylation sites (N-methyl/N-ethyl adjacent to an activating group) is 1. The molecule has 6 heteroatoms. The van der Waals surface area contributed by atoms with Crippen molar-refractivity contribution in [2.75, 3.05) is 26.4 Å². The van der Waals surface area contributed by atoms with E-state index in [0.29, 0.717) is 6.42 Å². The number of sulfone groups is 1. The summed E-state index contributed by atoms with van der Waals surface area (Å²) in [5.41, 5.74) is 1.82. The molecule has 1 aliphatic rings. The molecule has 1 aliphatic heterocycles. The van der Waals surface area contributed by atoms with E-state index < -0.39 is 9.84 Å². The Morgan fingerprint density at radius 1 is 1.22 bits per heavy atom. The zero-order valence-corrected chi connectivity index (χ0v) is 13.0. The van der Waals surface area contributed by atoms with Gasteiger partial charge in [-0.1, -0.05) is 0 Å². The van der Waals surface area contributed by atoms with E-state index in [1.165, 1.54) is 12.3 Å². The number of fused-ring (bicyclic) bond motifs is 1. The average Bonchev–Trinajstić information content (AvgIpc) is 2.39. The maximum atomic E-state index is 11.7. The van der Waals surface area contributed by atoms with E-state index in [9.17, 15) is 13.5 Å². The fraction of sp³-hybridized carbons (Fsp3) is 0.500. The first-order chi connectivity index (χ1) is 7.88. The van der Waals surface area contributed by atoms with Crippen LogP contribution < -0.4 is 0 Å². The number of aromatic hydroxyl groups is 1. The first-order valence-electron chi connectivity index (χ1n) is 5.61. The van der Waals surface area contributed by atoms with Crippen molar-refractivity contribution in [3.63, 3.8) is 0 Å². The number of phenolic OH excluding ortho intramolecular Hbond substituents is 1. The van der Waals surface area contributed by atoms with Crippen LogP contribution in [0, 0.1) is 0 Å². The Balaban J connectivity index is 0.00000162. The first kappa shape index (κ1) is 15.5. The number of hydrogen-bond donors (Lipinski definition) is 1. The van der Waals surface area contributed by atoms with Crippen LogP contribution in [-0.2, 0) is 22.7 Å². The van der Waals surface area contributed by atoms with Gasteiger partial charge in [-0.25, -0.2) is 8.42 Å². The van der Waals surface area contributed by atoms with Crippen molar-refractivity contribution < 1.29 is 13.5 Å². The second kappa shape index (κ2) is 5.59. The van der Waals surface area contributed by atoms with Gasteiger partial charge in [0.25, 0.3) is 0 Å². The molecule has 0 saturated carbocycles. The summed E-state index contributed by atoms with van der Waals surface area (Å²) in [6.07, 6.45) is 2.69. The quantitative estimate of drug-likeness (QED) is 0.842. The average molecular weight is 336 g/mol. The number of rotatable bonds is 1. The van der Waals surface area contributed by atoms with E-state index >= 15 is 0 Å². The van der Waals surface area contributed by atoms with Crippen molar-refractivity contribution in [2.24, 2.45) is 0 Å². The maximum absolute atomic E-state index is 11.7. The van der Waals surface area contributed by atoms with Gasteiger partial charge in [-0.3, -0.25) is 0 Å². The normalized spacial score (nSPS) is 16.6. The van der Waals surface area contributed by atoms with Crippen LogP contribution in [0.2, 0.25) is 0 Å². The standard InChI is InChI=1S/C12H17NO3S.BrH/c1-13-5-3-9-7-10(14)8-12(17(2,15)16)11(9)4-6-13;/h7-8,14H,3-6H2,1-2H3;1H. The predicted octanol–water partition coefficient (Wildman–Crippen LogP) is 1.40.